The first-order chi connectivity index (χ1) is 19.8. The molecule has 41 heavy (non-hydrogen) atoms. The maximum Gasteiger partial charge on any atom is 0.341 e. The number of nitrogens with zero attached hydrogens (tertiary/aromatic N) is 3. The normalized spacial score (nSPS) is 13.0. The number of amides is 1. The van der Waals surface area contributed by atoms with E-state index in [2.05, 4.69) is 15.5 Å². The van der Waals surface area contributed by atoms with Crippen molar-refractivity contribution in [3.63, 3.8) is 0 Å². The third-order valence-corrected chi connectivity index (χ3v) is 10.4. The number of rotatable bonds is 10. The van der Waals surface area contributed by atoms with E-state index >= 15 is 0 Å². The highest BCUT2D eigenvalue weighted by molar-refractivity contribution is 7.99. The summed E-state index contributed by atoms with van der Waals surface area (Å²) in [5, 5.41) is 12.3. The maximum absolute atomic E-state index is 13.2. The van der Waals surface area contributed by atoms with Crippen LogP contribution in [0.2, 0.25) is 0 Å². The summed E-state index contributed by atoms with van der Waals surface area (Å²) < 4.78 is 33.4. The first kappa shape index (κ1) is 29.0. The molecule has 0 saturated carbocycles. The Morgan fingerprint density at radius 3 is 2.51 bits per heavy atom. The highest BCUT2D eigenvalue weighted by Crippen LogP contribution is 2.39. The molecule has 2 aromatic heterocycles. The first-order valence-electron chi connectivity index (χ1n) is 13.3. The van der Waals surface area contributed by atoms with E-state index in [1.807, 2.05) is 37.3 Å². The van der Waals surface area contributed by atoms with Crippen LogP contribution in [0.5, 0.6) is 0 Å². The Balaban J connectivity index is 1.37. The molecule has 0 aliphatic heterocycles. The Morgan fingerprint density at radius 1 is 1.05 bits per heavy atom. The van der Waals surface area contributed by atoms with Crippen molar-refractivity contribution in [2.75, 3.05) is 17.7 Å². The van der Waals surface area contributed by atoms with Crippen molar-refractivity contribution in [3.05, 3.63) is 82.0 Å². The van der Waals surface area contributed by atoms with Crippen LogP contribution in [-0.2, 0) is 38.0 Å². The number of carbonyl (C=O) groups excluding carboxylic acids is 2. The zero-order valence-electron chi connectivity index (χ0n) is 22.8. The van der Waals surface area contributed by atoms with Gasteiger partial charge in [0.1, 0.15) is 10.8 Å². The number of aryl methyl sites for hydroxylation is 2. The zero-order chi connectivity index (χ0) is 29.0. The number of aromatic nitrogens is 3. The molecular formula is C29H30N4O5S3. The second-order valence-corrected chi connectivity index (χ2v) is 13.7. The molecule has 0 unspecified atom stereocenters. The Hall–Kier alpha value is -3.48. The predicted molar refractivity (Wildman–Crippen MR) is 160 cm³/mol. The van der Waals surface area contributed by atoms with Gasteiger partial charge in [0, 0.05) is 10.6 Å². The lowest BCUT2D eigenvalue weighted by atomic mass is 9.95. The van der Waals surface area contributed by atoms with Gasteiger partial charge in [-0.1, -0.05) is 47.7 Å². The summed E-state index contributed by atoms with van der Waals surface area (Å²) >= 11 is 2.58. The minimum atomic E-state index is -3.69. The van der Waals surface area contributed by atoms with Crippen molar-refractivity contribution in [1.82, 2.24) is 14.8 Å². The number of hydrogen-bond donors (Lipinski definition) is 1. The number of sulfone groups is 1. The van der Waals surface area contributed by atoms with Crippen molar-refractivity contribution in [2.45, 2.75) is 55.3 Å². The summed E-state index contributed by atoms with van der Waals surface area (Å²) in [6, 6.07) is 15.9. The number of benzene rings is 2. The third-order valence-electron chi connectivity index (χ3n) is 6.65. The van der Waals surface area contributed by atoms with Crippen LogP contribution in [0, 0.1) is 6.92 Å². The van der Waals surface area contributed by atoms with Gasteiger partial charge in [0.05, 0.1) is 22.8 Å². The lowest BCUT2D eigenvalue weighted by Gasteiger charge is -2.12. The van der Waals surface area contributed by atoms with Crippen molar-refractivity contribution in [2.24, 2.45) is 0 Å². The van der Waals surface area contributed by atoms with E-state index in [1.165, 1.54) is 11.3 Å². The molecule has 5 rings (SSSR count). The first-order valence-corrected chi connectivity index (χ1v) is 16.8. The van der Waals surface area contributed by atoms with Gasteiger partial charge in [-0.25, -0.2) is 13.2 Å². The van der Waals surface area contributed by atoms with Crippen LogP contribution in [0.4, 0.5) is 5.00 Å². The SMILES string of the molecule is CCOC(=O)c1c(NC(=O)CSc2nnc(CS(=O)(=O)c3ccc(C)cc3)n2-c2ccccc2)sc2c1CCCC2. The highest BCUT2D eigenvalue weighted by Gasteiger charge is 2.28. The Bertz CT molecular complexity index is 1660. The molecule has 12 heteroatoms. The summed E-state index contributed by atoms with van der Waals surface area (Å²) in [6.45, 7) is 3.91. The van der Waals surface area contributed by atoms with Crippen molar-refractivity contribution in [1.29, 1.82) is 0 Å². The highest BCUT2D eigenvalue weighted by atomic mass is 32.2. The van der Waals surface area contributed by atoms with E-state index in [1.54, 1.807) is 35.8 Å². The number of hydrogen-bond acceptors (Lipinski definition) is 9. The van der Waals surface area contributed by atoms with Crippen LogP contribution in [0.15, 0.2) is 64.6 Å². The molecule has 0 bridgehead atoms. The fourth-order valence-corrected chi connectivity index (χ4v) is 8.00. The third kappa shape index (κ3) is 6.55. The summed E-state index contributed by atoms with van der Waals surface area (Å²) in [4.78, 5) is 27.2. The van der Waals surface area contributed by atoms with Crippen LogP contribution < -0.4 is 5.32 Å². The van der Waals surface area contributed by atoms with E-state index in [-0.39, 0.29) is 34.7 Å². The molecule has 1 amide bonds. The van der Waals surface area contributed by atoms with E-state index in [0.29, 0.717) is 21.4 Å². The Morgan fingerprint density at radius 2 is 1.78 bits per heavy atom. The smallest absolute Gasteiger partial charge is 0.341 e. The molecule has 0 spiro atoms. The second-order valence-electron chi connectivity index (χ2n) is 9.61. The van der Waals surface area contributed by atoms with E-state index < -0.39 is 15.8 Å². The van der Waals surface area contributed by atoms with E-state index in [0.717, 1.165) is 53.4 Å². The lowest BCUT2D eigenvalue weighted by Crippen LogP contribution is -2.17. The van der Waals surface area contributed by atoms with Gasteiger partial charge in [0.15, 0.2) is 20.8 Å². The number of thioether (sulfide) groups is 1. The van der Waals surface area contributed by atoms with Crippen LogP contribution in [0.3, 0.4) is 0 Å². The topological polar surface area (TPSA) is 120 Å². The number of ether oxygens (including phenoxy) is 1. The summed E-state index contributed by atoms with van der Waals surface area (Å²) in [5.74, 6) is -0.849. The summed E-state index contributed by atoms with van der Waals surface area (Å²) in [5.41, 5.74) is 3.09. The number of thiophene rings is 1. The molecule has 4 aromatic rings. The average molecular weight is 611 g/mol. The van der Waals surface area contributed by atoms with Gasteiger partial charge >= 0.3 is 5.97 Å². The van der Waals surface area contributed by atoms with E-state index in [9.17, 15) is 18.0 Å². The van der Waals surface area contributed by atoms with Crippen LogP contribution >= 0.6 is 23.1 Å². The van der Waals surface area contributed by atoms with Crippen molar-refractivity contribution in [3.8, 4) is 5.69 Å². The van der Waals surface area contributed by atoms with Crippen LogP contribution in [0.1, 0.15) is 52.0 Å². The number of esters is 1. The number of nitrogens with one attached hydrogen (secondary N) is 1. The van der Waals surface area contributed by atoms with Gasteiger partial charge in [0.2, 0.25) is 5.91 Å². The van der Waals surface area contributed by atoms with Crippen LogP contribution in [-0.4, -0.2) is 47.4 Å². The van der Waals surface area contributed by atoms with Gasteiger partial charge in [-0.2, -0.15) is 0 Å². The number of para-hydroxylation sites is 1. The molecule has 1 aliphatic carbocycles. The maximum atomic E-state index is 13.2. The lowest BCUT2D eigenvalue weighted by molar-refractivity contribution is -0.113. The second kappa shape index (κ2) is 12.6. The Kier molecular flexibility index (Phi) is 8.91. The van der Waals surface area contributed by atoms with Gasteiger partial charge in [-0.05, 0) is 69.4 Å². The molecule has 0 radical (unpaired) electrons. The zero-order valence-corrected chi connectivity index (χ0v) is 25.2. The fourth-order valence-electron chi connectivity index (χ4n) is 4.69. The molecule has 0 atom stereocenters. The molecular weight excluding hydrogens is 581 g/mol. The Labute approximate surface area is 247 Å². The van der Waals surface area contributed by atoms with Gasteiger partial charge in [-0.15, -0.1) is 21.5 Å². The molecule has 0 saturated heterocycles. The molecule has 0 fully saturated rings. The quantitative estimate of drug-likeness (QED) is 0.187. The molecule has 9 nitrogen and oxygen atoms in total. The summed E-state index contributed by atoms with van der Waals surface area (Å²) in [6.07, 6.45) is 3.72. The molecule has 2 aromatic carbocycles. The molecule has 214 valence electrons. The predicted octanol–water partition coefficient (Wildman–Crippen LogP) is 5.40. The number of carbonyl (C=O) groups is 2. The van der Waals surface area contributed by atoms with Crippen molar-refractivity contribution < 1.29 is 22.7 Å². The van der Waals surface area contributed by atoms with Crippen molar-refractivity contribution >= 4 is 49.8 Å². The number of fused-ring (bicyclic) bond motifs is 1. The van der Waals surface area contributed by atoms with Gasteiger partial charge in [0.25, 0.3) is 0 Å². The fraction of sp³-hybridized carbons (Fsp3) is 0.310. The standard InChI is InChI=1S/C29H30N4O5S3/c1-3-38-28(35)26-22-11-7-8-12-23(22)40-27(26)30-25(34)17-39-29-32-31-24(33(29)20-9-5-4-6-10-20)18-41(36,37)21-15-13-19(2)14-16-21/h4-6,9-10,13-16H,3,7-8,11-12,17-18H2,1-2H3,(H,30,34). The van der Waals surface area contributed by atoms with E-state index in [4.69, 9.17) is 4.74 Å². The molecule has 1 aliphatic rings. The summed E-state index contributed by atoms with van der Waals surface area (Å²) in [7, 11) is -3.69. The van der Waals surface area contributed by atoms with Gasteiger partial charge in [-0.3, -0.25) is 9.36 Å². The largest absolute Gasteiger partial charge is 0.462 e. The molecule has 2 heterocycles. The van der Waals surface area contributed by atoms with Crippen LogP contribution in [0.25, 0.3) is 5.69 Å². The van der Waals surface area contributed by atoms with Gasteiger partial charge < -0.3 is 10.1 Å². The average Bonchev–Trinajstić information content (AvgIpc) is 3.52. The number of anilines is 1. The minimum Gasteiger partial charge on any atom is -0.462 e. The monoisotopic (exact) mass is 610 g/mol. The molecule has 1 N–H and O–H groups in total. The minimum absolute atomic E-state index is 0.0134.